The van der Waals surface area contributed by atoms with Gasteiger partial charge in [0.25, 0.3) is 0 Å². The molecule has 0 spiro atoms. The minimum Gasteiger partial charge on any atom is -0.370 e. The molecule has 0 aromatic heterocycles. The van der Waals surface area contributed by atoms with Crippen molar-refractivity contribution >= 4 is 5.96 Å². The van der Waals surface area contributed by atoms with E-state index in [9.17, 15) is 0 Å². The summed E-state index contributed by atoms with van der Waals surface area (Å²) in [5, 5.41) is 0. The van der Waals surface area contributed by atoms with Crippen LogP contribution in [0, 0.1) is 5.92 Å². The average Bonchev–Trinajstić information content (AvgIpc) is 2.17. The van der Waals surface area contributed by atoms with Crippen molar-refractivity contribution in [1.29, 1.82) is 0 Å². The lowest BCUT2D eigenvalue weighted by molar-refractivity contribution is 0.196. The first-order chi connectivity index (χ1) is 7.52. The average molecular weight is 224 g/mol. The molecule has 16 heavy (non-hydrogen) atoms. The van der Waals surface area contributed by atoms with Crippen molar-refractivity contribution < 1.29 is 0 Å². The molecule has 0 rings (SSSR count). The molecule has 92 valence electrons. The number of aliphatic imine (C=N–C) groups is 1. The van der Waals surface area contributed by atoms with E-state index >= 15 is 0 Å². The molecule has 0 radical (unpaired) electrons. The first-order valence-electron chi connectivity index (χ1n) is 5.54. The quantitative estimate of drug-likeness (QED) is 0.366. The predicted molar refractivity (Wildman–Crippen MR) is 71.3 cm³/mol. The number of nitrogens with zero attached hydrogens (tertiary/aromatic N) is 2. The van der Waals surface area contributed by atoms with Crippen molar-refractivity contribution in [2.24, 2.45) is 22.4 Å². The molecule has 0 amide bonds. The van der Waals surface area contributed by atoms with Gasteiger partial charge in [0.1, 0.15) is 0 Å². The van der Waals surface area contributed by atoms with Crippen molar-refractivity contribution in [1.82, 2.24) is 4.90 Å². The fourth-order valence-electron chi connectivity index (χ4n) is 1.62. The summed E-state index contributed by atoms with van der Waals surface area (Å²) in [6.07, 6.45) is 3.77. The minimum atomic E-state index is 0.141. The van der Waals surface area contributed by atoms with Crippen LogP contribution in [0.25, 0.3) is 0 Å². The van der Waals surface area contributed by atoms with E-state index in [1.807, 2.05) is 12.2 Å². The summed E-state index contributed by atoms with van der Waals surface area (Å²) in [5.74, 6) is 0.616. The highest BCUT2D eigenvalue weighted by Gasteiger charge is 2.19. The van der Waals surface area contributed by atoms with Crippen LogP contribution in [0.1, 0.15) is 13.8 Å². The van der Waals surface area contributed by atoms with Crippen LogP contribution in [0.4, 0.5) is 0 Å². The van der Waals surface area contributed by atoms with E-state index < -0.39 is 0 Å². The van der Waals surface area contributed by atoms with Crippen LogP contribution in [0.2, 0.25) is 0 Å². The SMILES string of the molecule is C=CCN(CC=C)[C@@H](CN=C(N)N)C(C)C. The highest BCUT2D eigenvalue weighted by molar-refractivity contribution is 5.75. The first kappa shape index (κ1) is 14.7. The smallest absolute Gasteiger partial charge is 0.185 e. The largest absolute Gasteiger partial charge is 0.370 e. The van der Waals surface area contributed by atoms with Crippen LogP contribution >= 0.6 is 0 Å². The Bertz CT molecular complexity index is 231. The van der Waals surface area contributed by atoms with Gasteiger partial charge in [0.2, 0.25) is 0 Å². The predicted octanol–water partition coefficient (Wildman–Crippen LogP) is 0.958. The Kier molecular flexibility index (Phi) is 7.29. The van der Waals surface area contributed by atoms with Gasteiger partial charge in [0.15, 0.2) is 5.96 Å². The van der Waals surface area contributed by atoms with Crippen molar-refractivity contribution in [3.05, 3.63) is 25.3 Å². The number of guanidine groups is 1. The molecule has 4 N–H and O–H groups in total. The van der Waals surface area contributed by atoms with Crippen LogP contribution < -0.4 is 11.5 Å². The zero-order valence-corrected chi connectivity index (χ0v) is 10.4. The second kappa shape index (κ2) is 7.93. The second-order valence-electron chi connectivity index (χ2n) is 4.11. The summed E-state index contributed by atoms with van der Waals surface area (Å²) in [6, 6.07) is 0.304. The van der Waals surface area contributed by atoms with Crippen LogP contribution in [0.3, 0.4) is 0 Å². The molecule has 0 aliphatic heterocycles. The number of hydrogen-bond donors (Lipinski definition) is 2. The first-order valence-corrected chi connectivity index (χ1v) is 5.54. The van der Waals surface area contributed by atoms with Gasteiger partial charge in [-0.3, -0.25) is 9.89 Å². The Morgan fingerprint density at radius 2 is 1.75 bits per heavy atom. The molecular weight excluding hydrogens is 200 g/mol. The van der Waals surface area contributed by atoms with Gasteiger partial charge in [-0.1, -0.05) is 26.0 Å². The fourth-order valence-corrected chi connectivity index (χ4v) is 1.62. The summed E-state index contributed by atoms with van der Waals surface area (Å²) in [4.78, 5) is 6.35. The van der Waals surface area contributed by atoms with Gasteiger partial charge >= 0.3 is 0 Å². The van der Waals surface area contributed by atoms with E-state index in [4.69, 9.17) is 11.5 Å². The Labute approximate surface area is 98.7 Å². The minimum absolute atomic E-state index is 0.141. The van der Waals surface area contributed by atoms with E-state index in [0.717, 1.165) is 13.1 Å². The molecule has 0 aliphatic carbocycles. The van der Waals surface area contributed by atoms with Gasteiger partial charge in [-0.25, -0.2) is 0 Å². The molecule has 0 aliphatic rings. The second-order valence-corrected chi connectivity index (χ2v) is 4.11. The molecule has 0 fully saturated rings. The maximum absolute atomic E-state index is 5.36. The molecule has 1 atom stereocenters. The summed E-state index contributed by atoms with van der Waals surface area (Å²) in [6.45, 7) is 14.1. The molecule has 0 saturated carbocycles. The molecular formula is C12H24N4. The third-order valence-electron chi connectivity index (χ3n) is 2.43. The molecule has 0 heterocycles. The van der Waals surface area contributed by atoms with Crippen molar-refractivity contribution in [2.45, 2.75) is 19.9 Å². The van der Waals surface area contributed by atoms with Gasteiger partial charge < -0.3 is 11.5 Å². The van der Waals surface area contributed by atoms with E-state index in [1.54, 1.807) is 0 Å². The molecule has 4 nitrogen and oxygen atoms in total. The number of nitrogens with two attached hydrogens (primary N) is 2. The van der Waals surface area contributed by atoms with E-state index in [1.165, 1.54) is 0 Å². The van der Waals surface area contributed by atoms with Gasteiger partial charge in [-0.05, 0) is 5.92 Å². The zero-order valence-electron chi connectivity index (χ0n) is 10.4. The summed E-state index contributed by atoms with van der Waals surface area (Å²) >= 11 is 0. The molecule has 0 bridgehead atoms. The normalized spacial score (nSPS) is 12.5. The van der Waals surface area contributed by atoms with E-state index in [-0.39, 0.29) is 5.96 Å². The lowest BCUT2D eigenvalue weighted by Gasteiger charge is -2.31. The third-order valence-corrected chi connectivity index (χ3v) is 2.43. The molecule has 0 aromatic carbocycles. The summed E-state index contributed by atoms with van der Waals surface area (Å²) in [5.41, 5.74) is 10.7. The van der Waals surface area contributed by atoms with Crippen molar-refractivity contribution in [3.8, 4) is 0 Å². The standard InChI is InChI=1S/C12H24N4/c1-5-7-16(8-6-2)11(10(3)4)9-15-12(13)14/h5-6,10-11H,1-2,7-9H2,3-4H3,(H4,13,14,15)/t11-/m0/s1. The number of hydrogen-bond acceptors (Lipinski definition) is 2. The van der Waals surface area contributed by atoms with Gasteiger partial charge in [-0.2, -0.15) is 0 Å². The highest BCUT2D eigenvalue weighted by Crippen LogP contribution is 2.11. The monoisotopic (exact) mass is 224 g/mol. The molecule has 0 aromatic rings. The third kappa shape index (κ3) is 5.56. The van der Waals surface area contributed by atoms with Crippen molar-refractivity contribution in [2.75, 3.05) is 19.6 Å². The van der Waals surface area contributed by atoms with Crippen LogP contribution in [0.5, 0.6) is 0 Å². The fraction of sp³-hybridized carbons (Fsp3) is 0.583. The Morgan fingerprint density at radius 3 is 2.06 bits per heavy atom. The van der Waals surface area contributed by atoms with Crippen LogP contribution in [-0.2, 0) is 0 Å². The van der Waals surface area contributed by atoms with Crippen molar-refractivity contribution in [3.63, 3.8) is 0 Å². The van der Waals surface area contributed by atoms with E-state index in [2.05, 4.69) is 36.9 Å². The molecule has 4 heteroatoms. The molecule has 0 unspecified atom stereocenters. The topological polar surface area (TPSA) is 67.6 Å². The number of rotatable bonds is 8. The van der Waals surface area contributed by atoms with Crippen LogP contribution in [-0.4, -0.2) is 36.5 Å². The lowest BCUT2D eigenvalue weighted by Crippen LogP contribution is -2.42. The Balaban J connectivity index is 4.61. The van der Waals surface area contributed by atoms with E-state index in [0.29, 0.717) is 18.5 Å². The van der Waals surface area contributed by atoms with Gasteiger partial charge in [-0.15, -0.1) is 13.2 Å². The Morgan fingerprint density at radius 1 is 1.25 bits per heavy atom. The van der Waals surface area contributed by atoms with Gasteiger partial charge in [0.05, 0.1) is 6.54 Å². The molecule has 0 saturated heterocycles. The maximum atomic E-state index is 5.36. The lowest BCUT2D eigenvalue weighted by atomic mass is 10.0. The Hall–Kier alpha value is -1.29. The summed E-state index contributed by atoms with van der Waals surface area (Å²) in [7, 11) is 0. The summed E-state index contributed by atoms with van der Waals surface area (Å²) < 4.78 is 0. The zero-order chi connectivity index (χ0) is 12.6. The maximum Gasteiger partial charge on any atom is 0.185 e. The van der Waals surface area contributed by atoms with Gasteiger partial charge in [0, 0.05) is 19.1 Å². The van der Waals surface area contributed by atoms with Crippen LogP contribution in [0.15, 0.2) is 30.3 Å². The highest BCUT2D eigenvalue weighted by atomic mass is 15.2.